The summed E-state index contributed by atoms with van der Waals surface area (Å²) >= 11 is 0. The van der Waals surface area contributed by atoms with Gasteiger partial charge in [-0.1, -0.05) is 18.2 Å². The summed E-state index contributed by atoms with van der Waals surface area (Å²) in [5.74, 6) is 2.27. The molecule has 0 amide bonds. The maximum absolute atomic E-state index is 5.74. The molecule has 0 saturated carbocycles. The van der Waals surface area contributed by atoms with E-state index in [-0.39, 0.29) is 24.0 Å². The van der Waals surface area contributed by atoms with Crippen LogP contribution in [0.4, 0.5) is 0 Å². The van der Waals surface area contributed by atoms with E-state index in [0.29, 0.717) is 25.6 Å². The molecule has 0 atom stereocenters. The van der Waals surface area contributed by atoms with Crippen LogP contribution in [0.3, 0.4) is 0 Å². The number of benzene rings is 1. The standard InChI is InChI=1S/C20H28N4O2.HI/c1-5-21-20(23-13-16-8-10-19(25-4)22-12-16)24-14-17-9-7-15(3)11-18(17)26-6-2;/h7-12H,5-6,13-14H2,1-4H3,(H2,21,23,24);1H. The molecule has 0 aliphatic heterocycles. The van der Waals surface area contributed by atoms with E-state index in [2.05, 4.69) is 45.7 Å². The SMILES string of the molecule is CCNC(=NCc1ccc(OC)nc1)NCc1ccc(C)cc1OCC.I. The van der Waals surface area contributed by atoms with Crippen molar-refractivity contribution in [1.29, 1.82) is 0 Å². The van der Waals surface area contributed by atoms with Gasteiger partial charge in [0.15, 0.2) is 5.96 Å². The summed E-state index contributed by atoms with van der Waals surface area (Å²) in [6.45, 7) is 8.72. The van der Waals surface area contributed by atoms with E-state index in [1.54, 1.807) is 13.3 Å². The van der Waals surface area contributed by atoms with Crippen LogP contribution in [0.15, 0.2) is 41.5 Å². The van der Waals surface area contributed by atoms with Gasteiger partial charge in [-0.3, -0.25) is 0 Å². The van der Waals surface area contributed by atoms with Crippen molar-refractivity contribution in [2.75, 3.05) is 20.3 Å². The third-order valence-corrected chi connectivity index (χ3v) is 3.74. The van der Waals surface area contributed by atoms with Crippen molar-refractivity contribution in [3.63, 3.8) is 0 Å². The summed E-state index contributed by atoms with van der Waals surface area (Å²) in [5, 5.41) is 6.62. The van der Waals surface area contributed by atoms with Crippen LogP contribution in [-0.2, 0) is 13.1 Å². The molecule has 7 heteroatoms. The Morgan fingerprint density at radius 2 is 1.96 bits per heavy atom. The molecule has 0 aliphatic rings. The Hall–Kier alpha value is -2.03. The number of hydrogen-bond donors (Lipinski definition) is 2. The lowest BCUT2D eigenvalue weighted by Crippen LogP contribution is -2.36. The number of aryl methyl sites for hydroxylation is 1. The van der Waals surface area contributed by atoms with Gasteiger partial charge in [0.2, 0.25) is 5.88 Å². The van der Waals surface area contributed by atoms with Gasteiger partial charge in [-0.05, 0) is 38.0 Å². The number of halogens is 1. The number of aliphatic imine (C=N–C) groups is 1. The zero-order chi connectivity index (χ0) is 18.8. The van der Waals surface area contributed by atoms with Crippen LogP contribution in [0.1, 0.15) is 30.5 Å². The zero-order valence-corrected chi connectivity index (χ0v) is 18.7. The van der Waals surface area contributed by atoms with Crippen LogP contribution in [0.25, 0.3) is 0 Å². The molecule has 2 aromatic rings. The molecule has 0 saturated heterocycles. The lowest BCUT2D eigenvalue weighted by Gasteiger charge is -2.14. The molecule has 2 N–H and O–H groups in total. The molecule has 1 aromatic carbocycles. The Morgan fingerprint density at radius 1 is 1.15 bits per heavy atom. The molecule has 1 aromatic heterocycles. The Labute approximate surface area is 178 Å². The lowest BCUT2D eigenvalue weighted by atomic mass is 10.1. The number of nitrogens with one attached hydrogen (secondary N) is 2. The first-order valence-corrected chi connectivity index (χ1v) is 8.89. The van der Waals surface area contributed by atoms with Gasteiger partial charge < -0.3 is 20.1 Å². The van der Waals surface area contributed by atoms with Crippen molar-refractivity contribution in [3.8, 4) is 11.6 Å². The summed E-state index contributed by atoms with van der Waals surface area (Å²) < 4.78 is 10.8. The number of pyridine rings is 1. The van der Waals surface area contributed by atoms with Crippen molar-refractivity contribution >= 4 is 29.9 Å². The monoisotopic (exact) mass is 484 g/mol. The van der Waals surface area contributed by atoms with E-state index in [9.17, 15) is 0 Å². The maximum atomic E-state index is 5.74. The topological polar surface area (TPSA) is 67.8 Å². The minimum atomic E-state index is 0. The quantitative estimate of drug-likeness (QED) is 0.340. The molecular formula is C20H29IN4O2. The average molecular weight is 484 g/mol. The van der Waals surface area contributed by atoms with E-state index in [1.807, 2.05) is 26.0 Å². The fraction of sp³-hybridized carbons (Fsp3) is 0.400. The van der Waals surface area contributed by atoms with Crippen molar-refractivity contribution in [3.05, 3.63) is 53.2 Å². The Bertz CT molecular complexity index is 720. The normalized spacial score (nSPS) is 10.7. The van der Waals surface area contributed by atoms with Crippen LogP contribution in [0.2, 0.25) is 0 Å². The number of aromatic nitrogens is 1. The van der Waals surface area contributed by atoms with Crippen LogP contribution >= 0.6 is 24.0 Å². The Kier molecular flexibility index (Phi) is 10.5. The molecule has 1 heterocycles. The predicted molar refractivity (Wildman–Crippen MR) is 120 cm³/mol. The zero-order valence-electron chi connectivity index (χ0n) is 16.4. The Morgan fingerprint density at radius 3 is 2.59 bits per heavy atom. The number of rotatable bonds is 8. The van der Waals surface area contributed by atoms with Crippen molar-refractivity contribution in [1.82, 2.24) is 15.6 Å². The fourth-order valence-corrected chi connectivity index (χ4v) is 2.41. The molecule has 27 heavy (non-hydrogen) atoms. The van der Waals surface area contributed by atoms with Crippen molar-refractivity contribution in [2.45, 2.75) is 33.9 Å². The first kappa shape index (κ1) is 23.0. The molecular weight excluding hydrogens is 455 g/mol. The van der Waals surface area contributed by atoms with Gasteiger partial charge in [-0.15, -0.1) is 24.0 Å². The fourth-order valence-electron chi connectivity index (χ4n) is 2.41. The van der Waals surface area contributed by atoms with Crippen molar-refractivity contribution in [2.24, 2.45) is 4.99 Å². The molecule has 0 radical (unpaired) electrons. The van der Waals surface area contributed by atoms with Gasteiger partial charge in [-0.2, -0.15) is 0 Å². The van der Waals surface area contributed by atoms with Gasteiger partial charge in [0.1, 0.15) is 5.75 Å². The molecule has 0 aliphatic carbocycles. The van der Waals surface area contributed by atoms with E-state index in [0.717, 1.165) is 29.4 Å². The Balaban J connectivity index is 0.00000364. The molecule has 0 unspecified atom stereocenters. The van der Waals surface area contributed by atoms with Gasteiger partial charge in [0, 0.05) is 30.9 Å². The smallest absolute Gasteiger partial charge is 0.212 e. The second-order valence-corrected chi connectivity index (χ2v) is 5.80. The first-order valence-electron chi connectivity index (χ1n) is 8.89. The number of guanidine groups is 1. The van der Waals surface area contributed by atoms with E-state index >= 15 is 0 Å². The number of ether oxygens (including phenoxy) is 2. The maximum Gasteiger partial charge on any atom is 0.212 e. The summed E-state index contributed by atoms with van der Waals surface area (Å²) in [6.07, 6.45) is 1.78. The molecule has 6 nitrogen and oxygen atoms in total. The van der Waals surface area contributed by atoms with E-state index < -0.39 is 0 Å². The van der Waals surface area contributed by atoms with Gasteiger partial charge >= 0.3 is 0 Å². The summed E-state index contributed by atoms with van der Waals surface area (Å²) in [4.78, 5) is 8.83. The molecule has 2 rings (SSSR count). The second kappa shape index (κ2) is 12.4. The molecule has 0 spiro atoms. The highest BCUT2D eigenvalue weighted by Gasteiger charge is 2.05. The van der Waals surface area contributed by atoms with Gasteiger partial charge in [0.25, 0.3) is 0 Å². The average Bonchev–Trinajstić information content (AvgIpc) is 2.66. The third kappa shape index (κ3) is 7.62. The van der Waals surface area contributed by atoms with Gasteiger partial charge in [-0.25, -0.2) is 9.98 Å². The van der Waals surface area contributed by atoms with E-state index in [4.69, 9.17) is 9.47 Å². The lowest BCUT2D eigenvalue weighted by molar-refractivity contribution is 0.336. The minimum Gasteiger partial charge on any atom is -0.494 e. The van der Waals surface area contributed by atoms with Crippen molar-refractivity contribution < 1.29 is 9.47 Å². The summed E-state index contributed by atoms with van der Waals surface area (Å²) in [5.41, 5.74) is 3.31. The molecule has 0 fully saturated rings. The third-order valence-electron chi connectivity index (χ3n) is 3.74. The van der Waals surface area contributed by atoms with Crippen LogP contribution < -0.4 is 20.1 Å². The number of hydrogen-bond acceptors (Lipinski definition) is 4. The number of nitrogens with zero attached hydrogens (tertiary/aromatic N) is 2. The van der Waals surface area contributed by atoms with Crippen LogP contribution in [-0.4, -0.2) is 31.2 Å². The molecule has 0 bridgehead atoms. The first-order chi connectivity index (χ1) is 12.7. The highest BCUT2D eigenvalue weighted by molar-refractivity contribution is 14.0. The predicted octanol–water partition coefficient (Wildman–Crippen LogP) is 3.67. The molecule has 148 valence electrons. The van der Waals surface area contributed by atoms with Gasteiger partial charge in [0.05, 0.1) is 20.3 Å². The highest BCUT2D eigenvalue weighted by atomic mass is 127. The largest absolute Gasteiger partial charge is 0.494 e. The summed E-state index contributed by atoms with van der Waals surface area (Å²) in [7, 11) is 1.61. The number of methoxy groups -OCH3 is 1. The minimum absolute atomic E-state index is 0. The highest BCUT2D eigenvalue weighted by Crippen LogP contribution is 2.20. The van der Waals surface area contributed by atoms with Crippen LogP contribution in [0.5, 0.6) is 11.6 Å². The van der Waals surface area contributed by atoms with Crippen LogP contribution in [0, 0.1) is 6.92 Å². The van der Waals surface area contributed by atoms with E-state index in [1.165, 1.54) is 5.56 Å². The second-order valence-electron chi connectivity index (χ2n) is 5.80. The summed E-state index contributed by atoms with van der Waals surface area (Å²) in [6, 6.07) is 10.0.